The van der Waals surface area contributed by atoms with Gasteiger partial charge in [0.2, 0.25) is 0 Å². The van der Waals surface area contributed by atoms with Gasteiger partial charge in [-0.3, -0.25) is 9.59 Å². The number of carbonyl (C=O) groups is 2. The number of ether oxygens (including phenoxy) is 2. The summed E-state index contributed by atoms with van der Waals surface area (Å²) in [5, 5.41) is 0. The van der Waals surface area contributed by atoms with Gasteiger partial charge in [0.05, 0.1) is 18.6 Å². The van der Waals surface area contributed by atoms with Gasteiger partial charge in [0.25, 0.3) is 0 Å². The summed E-state index contributed by atoms with van der Waals surface area (Å²) < 4.78 is 12.6. The first-order valence-corrected chi connectivity index (χ1v) is 18.4. The maximum Gasteiger partial charge on any atom is 0.309 e. The first-order chi connectivity index (χ1) is 22.6. The van der Waals surface area contributed by atoms with Gasteiger partial charge in [-0.2, -0.15) is 0 Å². The van der Waals surface area contributed by atoms with Crippen molar-refractivity contribution in [1.82, 2.24) is 0 Å². The van der Waals surface area contributed by atoms with Crippen LogP contribution in [0.1, 0.15) is 103 Å². The number of benzene rings is 2. The summed E-state index contributed by atoms with van der Waals surface area (Å²) in [6.07, 6.45) is 13.0. The van der Waals surface area contributed by atoms with Gasteiger partial charge in [-0.1, -0.05) is 100 Å². The van der Waals surface area contributed by atoms with Crippen molar-refractivity contribution in [2.75, 3.05) is 6.61 Å². The van der Waals surface area contributed by atoms with Crippen LogP contribution in [0.3, 0.4) is 0 Å². The normalized spacial score (nSPS) is 39.5. The Bertz CT molecular complexity index is 1470. The average Bonchev–Trinajstić information content (AvgIpc) is 3.07. The number of hydrogen-bond donors (Lipinski definition) is 0. The van der Waals surface area contributed by atoms with E-state index >= 15 is 0 Å². The van der Waals surface area contributed by atoms with Gasteiger partial charge >= 0.3 is 5.97 Å². The third kappa shape index (κ3) is 5.47. The predicted octanol–water partition coefficient (Wildman–Crippen LogP) is 9.70. The van der Waals surface area contributed by atoms with Gasteiger partial charge < -0.3 is 9.47 Å². The molecule has 0 spiro atoms. The van der Waals surface area contributed by atoms with Gasteiger partial charge in [0.15, 0.2) is 11.9 Å². The van der Waals surface area contributed by atoms with Crippen LogP contribution in [-0.4, -0.2) is 24.5 Å². The van der Waals surface area contributed by atoms with Crippen molar-refractivity contribution in [3.63, 3.8) is 0 Å². The molecule has 10 unspecified atom stereocenters. The Balaban J connectivity index is 1.15. The molecule has 7 rings (SSSR count). The molecule has 5 aliphatic carbocycles. The zero-order valence-electron chi connectivity index (χ0n) is 29.0. The highest BCUT2D eigenvalue weighted by atomic mass is 16.5. The molecule has 10 atom stereocenters. The van der Waals surface area contributed by atoms with Crippen LogP contribution in [0.4, 0.5) is 0 Å². The van der Waals surface area contributed by atoms with Crippen LogP contribution in [0, 0.1) is 51.8 Å². The van der Waals surface area contributed by atoms with Gasteiger partial charge in [0.1, 0.15) is 0 Å². The maximum atomic E-state index is 14.5. The highest BCUT2D eigenvalue weighted by Crippen LogP contribution is 2.69. The molecule has 47 heavy (non-hydrogen) atoms. The number of rotatable bonds is 7. The Labute approximate surface area is 282 Å². The summed E-state index contributed by atoms with van der Waals surface area (Å²) in [6, 6.07) is 20.2. The number of ketones is 1. The highest BCUT2D eigenvalue weighted by molar-refractivity contribution is 5.95. The smallest absolute Gasteiger partial charge is 0.309 e. The minimum absolute atomic E-state index is 0.0108. The van der Waals surface area contributed by atoms with E-state index in [1.54, 1.807) is 0 Å². The van der Waals surface area contributed by atoms with Crippen molar-refractivity contribution in [2.45, 2.75) is 97.7 Å². The number of fused-ring (bicyclic) bond motifs is 7. The Morgan fingerprint density at radius 3 is 2.17 bits per heavy atom. The average molecular weight is 635 g/mol. The van der Waals surface area contributed by atoms with Gasteiger partial charge in [-0.05, 0) is 115 Å². The van der Waals surface area contributed by atoms with E-state index in [1.807, 2.05) is 66.7 Å². The lowest BCUT2D eigenvalue weighted by Crippen LogP contribution is -2.62. The van der Waals surface area contributed by atoms with Gasteiger partial charge in [-0.15, -0.1) is 6.58 Å². The highest BCUT2D eigenvalue weighted by Gasteiger charge is 2.65. The molecule has 0 N–H and O–H groups in total. The second-order valence-corrected chi connectivity index (χ2v) is 16.6. The van der Waals surface area contributed by atoms with Crippen LogP contribution in [0.25, 0.3) is 0 Å². The molecule has 2 aromatic carbocycles. The van der Waals surface area contributed by atoms with Crippen LogP contribution in [-0.2, 0) is 19.1 Å². The van der Waals surface area contributed by atoms with Crippen LogP contribution >= 0.6 is 0 Å². The van der Waals surface area contributed by atoms with E-state index in [0.29, 0.717) is 30.1 Å². The fourth-order valence-corrected chi connectivity index (χ4v) is 11.8. The summed E-state index contributed by atoms with van der Waals surface area (Å²) in [5.41, 5.74) is 3.41. The largest absolute Gasteiger partial charge is 0.452 e. The summed E-state index contributed by atoms with van der Waals surface area (Å²) in [7, 11) is 0. The topological polar surface area (TPSA) is 52.6 Å². The fraction of sp³-hybridized carbons (Fsp3) is 0.581. The molecular weight excluding hydrogens is 580 g/mol. The van der Waals surface area contributed by atoms with Crippen LogP contribution in [0.2, 0.25) is 0 Å². The summed E-state index contributed by atoms with van der Waals surface area (Å²) in [6.45, 7) is 14.1. The van der Waals surface area contributed by atoms with Crippen molar-refractivity contribution >= 4 is 11.8 Å². The molecule has 2 aromatic rings. The van der Waals surface area contributed by atoms with Crippen molar-refractivity contribution in [2.24, 2.45) is 51.8 Å². The molecule has 4 nitrogen and oxygen atoms in total. The van der Waals surface area contributed by atoms with Gasteiger partial charge in [-0.25, -0.2) is 0 Å². The second kappa shape index (κ2) is 12.5. The number of allylic oxidation sites excluding steroid dienone is 2. The molecule has 250 valence electrons. The number of hydrogen-bond acceptors (Lipinski definition) is 4. The van der Waals surface area contributed by atoms with Gasteiger partial charge in [0, 0.05) is 5.92 Å². The third-order valence-corrected chi connectivity index (χ3v) is 14.2. The Hall–Kier alpha value is -2.98. The standard InChI is InChI=1S/C43H54O4/c1-6-25-46-37-20-24-42(4)33(28(37)2)19-23-43(5)34-18-22-41(3)21-17-31(26-35(41)32(34)27-36(44)39(42)43)40(45)47-38(29-13-9-7-10-14-29)30-15-11-8-12-16-30/h6-16,27-28,31,33-35,37-39H,1,17-26H2,2-5H3. The quantitative estimate of drug-likeness (QED) is 0.225. The molecule has 0 amide bonds. The Morgan fingerprint density at radius 1 is 0.872 bits per heavy atom. The van der Waals surface area contributed by atoms with E-state index in [4.69, 9.17) is 9.47 Å². The summed E-state index contributed by atoms with van der Waals surface area (Å²) >= 11 is 0. The third-order valence-electron chi connectivity index (χ3n) is 14.2. The molecule has 4 fully saturated rings. The van der Waals surface area contributed by atoms with Crippen LogP contribution < -0.4 is 0 Å². The van der Waals surface area contributed by atoms with Crippen LogP contribution in [0.15, 0.2) is 85.0 Å². The summed E-state index contributed by atoms with van der Waals surface area (Å²) in [5.74, 6) is 1.72. The van der Waals surface area contributed by atoms with E-state index in [1.165, 1.54) is 12.0 Å². The first kappa shape index (κ1) is 32.6. The fourth-order valence-electron chi connectivity index (χ4n) is 11.8. The molecule has 5 aliphatic rings. The molecule has 0 aromatic heterocycles. The molecule has 0 aliphatic heterocycles. The van der Waals surface area contributed by atoms with E-state index < -0.39 is 6.10 Å². The molecule has 0 bridgehead atoms. The minimum atomic E-state index is -0.428. The Kier molecular flexibility index (Phi) is 8.65. The summed E-state index contributed by atoms with van der Waals surface area (Å²) in [4.78, 5) is 28.6. The van der Waals surface area contributed by atoms with Crippen LogP contribution in [0.5, 0.6) is 0 Å². The maximum absolute atomic E-state index is 14.5. The van der Waals surface area contributed by atoms with Crippen molar-refractivity contribution in [1.29, 1.82) is 0 Å². The minimum Gasteiger partial charge on any atom is -0.452 e. The Morgan fingerprint density at radius 2 is 1.51 bits per heavy atom. The molecule has 0 heterocycles. The SMILES string of the molecule is C=CCOC1CCC2(C)C(CCC3(C)C4CCC5(C)CCC(C(=O)OC(c6ccccc6)c6ccccc6)CC5C4=CC(=O)C32)C1C. The molecular formula is C43H54O4. The number of esters is 1. The van der Waals surface area contributed by atoms with E-state index in [2.05, 4.69) is 40.3 Å². The number of carbonyl (C=O) groups excluding carboxylic acids is 2. The lowest BCUT2D eigenvalue weighted by Gasteiger charge is -2.65. The monoisotopic (exact) mass is 634 g/mol. The molecule has 0 saturated heterocycles. The predicted molar refractivity (Wildman–Crippen MR) is 186 cm³/mol. The first-order valence-electron chi connectivity index (χ1n) is 18.4. The lowest BCUT2D eigenvalue weighted by molar-refractivity contribution is -0.173. The van der Waals surface area contributed by atoms with Crippen molar-refractivity contribution in [3.05, 3.63) is 96.1 Å². The molecule has 4 saturated carbocycles. The zero-order chi connectivity index (χ0) is 33.0. The zero-order valence-corrected chi connectivity index (χ0v) is 29.0. The van der Waals surface area contributed by atoms with E-state index in [-0.39, 0.29) is 46.1 Å². The van der Waals surface area contributed by atoms with E-state index in [9.17, 15) is 9.59 Å². The molecule has 4 heteroatoms. The van der Waals surface area contributed by atoms with Crippen molar-refractivity contribution < 1.29 is 19.1 Å². The molecule has 0 radical (unpaired) electrons. The van der Waals surface area contributed by atoms with E-state index in [0.717, 1.165) is 62.5 Å². The lowest BCUT2D eigenvalue weighted by atomic mass is 9.38. The second-order valence-electron chi connectivity index (χ2n) is 16.6. The van der Waals surface area contributed by atoms with Crippen molar-refractivity contribution in [3.8, 4) is 0 Å².